The van der Waals surface area contributed by atoms with E-state index in [1.54, 1.807) is 11.3 Å². The average molecular weight is 364 g/mol. The van der Waals surface area contributed by atoms with Crippen molar-refractivity contribution in [1.82, 2.24) is 4.90 Å². The number of fused-ring (bicyclic) bond motifs is 2. The Morgan fingerprint density at radius 1 is 1.29 bits per heavy atom. The summed E-state index contributed by atoms with van der Waals surface area (Å²) in [6.45, 7) is 2.69. The normalized spacial score (nSPS) is 16.5. The van der Waals surface area contributed by atoms with Gasteiger partial charge in [0.15, 0.2) is 11.5 Å². The van der Waals surface area contributed by atoms with E-state index in [2.05, 4.69) is 11.4 Å². The van der Waals surface area contributed by atoms with Gasteiger partial charge in [0.05, 0.1) is 24.7 Å². The van der Waals surface area contributed by atoms with Gasteiger partial charge in [-0.25, -0.2) is 0 Å². The van der Waals surface area contributed by atoms with Crippen molar-refractivity contribution in [3.8, 4) is 11.5 Å². The smallest absolute Gasteiger partial charge is 0.227 e. The Morgan fingerprint density at radius 3 is 3.08 bits per heavy atom. The fourth-order valence-electron chi connectivity index (χ4n) is 3.13. The molecule has 0 N–H and O–H groups in total. The average Bonchev–Trinajstić information content (AvgIpc) is 2.91. The minimum absolute atomic E-state index is 0.123. The molecule has 0 fully saturated rings. The molecule has 6 heteroatoms. The number of hydrogen-bond donors (Lipinski definition) is 0. The first kappa shape index (κ1) is 15.8. The van der Waals surface area contributed by atoms with Crippen molar-refractivity contribution >= 4 is 28.8 Å². The van der Waals surface area contributed by atoms with Gasteiger partial charge in [0.2, 0.25) is 5.91 Å². The molecule has 1 amide bonds. The second kappa shape index (κ2) is 6.65. The molecule has 24 heavy (non-hydrogen) atoms. The lowest BCUT2D eigenvalue weighted by atomic mass is 10.1. The maximum absolute atomic E-state index is 12.7. The number of ether oxygens (including phenoxy) is 2. The van der Waals surface area contributed by atoms with Crippen molar-refractivity contribution in [2.75, 3.05) is 19.8 Å². The summed E-state index contributed by atoms with van der Waals surface area (Å²) in [5.74, 6) is 1.35. The highest BCUT2D eigenvalue weighted by molar-refractivity contribution is 7.10. The van der Waals surface area contributed by atoms with Crippen LogP contribution < -0.4 is 9.47 Å². The van der Waals surface area contributed by atoms with Gasteiger partial charge in [-0.1, -0.05) is 11.6 Å². The van der Waals surface area contributed by atoms with Crippen LogP contribution in [0, 0.1) is 0 Å². The standard InChI is InChI=1S/C18H18ClNO3S/c19-14-8-12(9-15-18(14)23-6-1-5-22-15)10-17(21)20-4-2-16-13(11-20)3-7-24-16/h3,7-9H,1-2,4-6,10-11H2. The van der Waals surface area contributed by atoms with Crippen molar-refractivity contribution in [3.05, 3.63) is 44.6 Å². The van der Waals surface area contributed by atoms with Crippen LogP contribution >= 0.6 is 22.9 Å². The van der Waals surface area contributed by atoms with Crippen LogP contribution in [0.2, 0.25) is 5.02 Å². The Balaban J connectivity index is 1.50. The fraction of sp³-hybridized carbons (Fsp3) is 0.389. The van der Waals surface area contributed by atoms with Crippen LogP contribution in [0.1, 0.15) is 22.4 Å². The van der Waals surface area contributed by atoms with Gasteiger partial charge in [-0.3, -0.25) is 4.79 Å². The van der Waals surface area contributed by atoms with Crippen LogP contribution in [0.5, 0.6) is 11.5 Å². The zero-order chi connectivity index (χ0) is 16.5. The third-order valence-corrected chi connectivity index (χ3v) is 5.68. The first-order chi connectivity index (χ1) is 11.7. The number of carbonyl (C=O) groups excluding carboxylic acids is 1. The maximum atomic E-state index is 12.7. The largest absolute Gasteiger partial charge is 0.489 e. The molecule has 1 aromatic carbocycles. The quantitative estimate of drug-likeness (QED) is 0.816. The lowest BCUT2D eigenvalue weighted by Gasteiger charge is -2.27. The Kier molecular flexibility index (Phi) is 4.37. The monoisotopic (exact) mass is 363 g/mol. The van der Waals surface area contributed by atoms with Crippen molar-refractivity contribution in [2.24, 2.45) is 0 Å². The van der Waals surface area contributed by atoms with E-state index in [-0.39, 0.29) is 5.91 Å². The molecule has 126 valence electrons. The first-order valence-corrected chi connectivity index (χ1v) is 9.37. The van der Waals surface area contributed by atoms with Gasteiger partial charge in [-0.2, -0.15) is 0 Å². The number of rotatable bonds is 2. The molecule has 2 aliphatic heterocycles. The Labute approximate surface area is 149 Å². The zero-order valence-electron chi connectivity index (χ0n) is 13.2. The Hall–Kier alpha value is -1.72. The predicted molar refractivity (Wildman–Crippen MR) is 94.2 cm³/mol. The number of carbonyl (C=O) groups is 1. The van der Waals surface area contributed by atoms with E-state index in [9.17, 15) is 4.79 Å². The topological polar surface area (TPSA) is 38.8 Å². The summed E-state index contributed by atoms with van der Waals surface area (Å²) < 4.78 is 11.3. The number of amides is 1. The van der Waals surface area contributed by atoms with Crippen molar-refractivity contribution in [1.29, 1.82) is 0 Å². The summed E-state index contributed by atoms with van der Waals surface area (Å²) >= 11 is 8.09. The highest BCUT2D eigenvalue weighted by atomic mass is 35.5. The molecular weight excluding hydrogens is 346 g/mol. The minimum atomic E-state index is 0.123. The fourth-order valence-corrected chi connectivity index (χ4v) is 4.31. The third-order valence-electron chi connectivity index (χ3n) is 4.38. The van der Waals surface area contributed by atoms with Crippen LogP contribution in [-0.2, 0) is 24.2 Å². The van der Waals surface area contributed by atoms with Crippen molar-refractivity contribution in [2.45, 2.75) is 25.8 Å². The number of nitrogens with zero attached hydrogens (tertiary/aromatic N) is 1. The summed E-state index contributed by atoms with van der Waals surface area (Å²) in [5.41, 5.74) is 2.14. The Bertz CT molecular complexity index is 774. The van der Waals surface area contributed by atoms with E-state index in [0.717, 1.165) is 24.9 Å². The minimum Gasteiger partial charge on any atom is -0.489 e. The summed E-state index contributed by atoms with van der Waals surface area (Å²) in [6.07, 6.45) is 2.10. The molecule has 0 spiro atoms. The highest BCUT2D eigenvalue weighted by Gasteiger charge is 2.23. The molecule has 0 bridgehead atoms. The number of thiophene rings is 1. The van der Waals surface area contributed by atoms with Gasteiger partial charge in [0, 0.05) is 24.4 Å². The molecule has 4 nitrogen and oxygen atoms in total. The second-order valence-electron chi connectivity index (χ2n) is 6.07. The van der Waals surface area contributed by atoms with Crippen LogP contribution in [0.3, 0.4) is 0 Å². The summed E-state index contributed by atoms with van der Waals surface area (Å²) in [7, 11) is 0. The van der Waals surface area contributed by atoms with E-state index in [1.165, 1.54) is 10.4 Å². The molecule has 3 heterocycles. The number of halogens is 1. The molecule has 0 radical (unpaired) electrons. The number of hydrogen-bond acceptors (Lipinski definition) is 4. The van der Waals surface area contributed by atoms with Gasteiger partial charge in [-0.05, 0) is 41.1 Å². The van der Waals surface area contributed by atoms with Crippen LogP contribution in [0.4, 0.5) is 0 Å². The van der Waals surface area contributed by atoms with E-state index < -0.39 is 0 Å². The van der Waals surface area contributed by atoms with Crippen LogP contribution in [0.25, 0.3) is 0 Å². The van der Waals surface area contributed by atoms with Crippen LogP contribution in [-0.4, -0.2) is 30.6 Å². The van der Waals surface area contributed by atoms with Crippen molar-refractivity contribution in [3.63, 3.8) is 0 Å². The molecule has 0 aliphatic carbocycles. The lowest BCUT2D eigenvalue weighted by molar-refractivity contribution is -0.131. The lowest BCUT2D eigenvalue weighted by Crippen LogP contribution is -2.36. The third kappa shape index (κ3) is 3.10. The molecule has 1 aromatic heterocycles. The molecule has 0 unspecified atom stereocenters. The van der Waals surface area contributed by atoms with Crippen LogP contribution in [0.15, 0.2) is 23.6 Å². The van der Waals surface area contributed by atoms with E-state index in [1.807, 2.05) is 17.0 Å². The summed E-state index contributed by atoms with van der Waals surface area (Å²) in [6, 6.07) is 5.81. The van der Waals surface area contributed by atoms with E-state index in [4.69, 9.17) is 21.1 Å². The molecule has 2 aromatic rings. The second-order valence-corrected chi connectivity index (χ2v) is 7.47. The zero-order valence-corrected chi connectivity index (χ0v) is 14.8. The molecular formula is C18H18ClNO3S. The van der Waals surface area contributed by atoms with Gasteiger partial charge < -0.3 is 14.4 Å². The molecule has 2 aliphatic rings. The molecule has 0 saturated heterocycles. The van der Waals surface area contributed by atoms with Crippen molar-refractivity contribution < 1.29 is 14.3 Å². The molecule has 0 atom stereocenters. The van der Waals surface area contributed by atoms with Gasteiger partial charge in [-0.15, -0.1) is 11.3 Å². The molecule has 4 rings (SSSR count). The van der Waals surface area contributed by atoms with Gasteiger partial charge in [0.1, 0.15) is 0 Å². The summed E-state index contributed by atoms with van der Waals surface area (Å²) in [4.78, 5) is 16.0. The Morgan fingerprint density at radius 2 is 2.17 bits per heavy atom. The maximum Gasteiger partial charge on any atom is 0.227 e. The van der Waals surface area contributed by atoms with E-state index >= 15 is 0 Å². The van der Waals surface area contributed by atoms with Gasteiger partial charge >= 0.3 is 0 Å². The van der Waals surface area contributed by atoms with Gasteiger partial charge in [0.25, 0.3) is 0 Å². The SMILES string of the molecule is O=C(Cc1cc(Cl)c2c(c1)OCCCO2)N1CCc2sccc2C1. The number of benzene rings is 1. The summed E-state index contributed by atoms with van der Waals surface area (Å²) in [5, 5.41) is 2.61. The predicted octanol–water partition coefficient (Wildman–Crippen LogP) is 3.69. The highest BCUT2D eigenvalue weighted by Crippen LogP contribution is 2.38. The first-order valence-electron chi connectivity index (χ1n) is 8.12. The molecule has 0 saturated carbocycles. The van der Waals surface area contributed by atoms with E-state index in [0.29, 0.717) is 42.7 Å².